The Hall–Kier alpha value is -4.67. The molecule has 2 N–H and O–H groups in total. The number of likely N-dealkylation sites (tertiary alicyclic amines) is 1. The van der Waals surface area contributed by atoms with Crippen molar-refractivity contribution in [2.45, 2.75) is 101 Å². The highest BCUT2D eigenvalue weighted by Gasteiger charge is 2.77. The molecule has 2 aromatic carbocycles. The van der Waals surface area contributed by atoms with Crippen LogP contribution in [0.1, 0.15) is 55.4 Å². The van der Waals surface area contributed by atoms with Gasteiger partial charge in [0.25, 0.3) is 0 Å². The number of hydrogen-bond acceptors (Lipinski definition) is 13. The molecule has 2 bridgehead atoms. The number of aliphatic hydroxyl groups is 1. The number of nitrogens with one attached hydrogen (secondary N) is 1. The fourth-order valence-corrected chi connectivity index (χ4v) is 9.76. The third kappa shape index (κ3) is 6.02. The Morgan fingerprint density at radius 3 is 2.43 bits per heavy atom. The van der Waals surface area contributed by atoms with Crippen LogP contribution in [0.25, 0.3) is 6.08 Å². The van der Waals surface area contributed by atoms with E-state index in [1.54, 1.807) is 37.0 Å². The van der Waals surface area contributed by atoms with Gasteiger partial charge in [-0.3, -0.25) is 19.2 Å². The Morgan fingerprint density at radius 1 is 1.00 bits per heavy atom. The summed E-state index contributed by atoms with van der Waals surface area (Å²) in [6.07, 6.45) is 0.898. The third-order valence-electron chi connectivity index (χ3n) is 12.4. The van der Waals surface area contributed by atoms with Crippen molar-refractivity contribution in [3.8, 4) is 0 Å². The van der Waals surface area contributed by atoms with Crippen molar-refractivity contribution in [3.63, 3.8) is 0 Å². The number of cyclic esters (lactones) is 1. The first-order valence-corrected chi connectivity index (χ1v) is 19.3. The number of aliphatic hydroxyl groups excluding tert-OH is 1. The van der Waals surface area contributed by atoms with Gasteiger partial charge in [0.05, 0.1) is 13.2 Å². The summed E-state index contributed by atoms with van der Waals surface area (Å²) in [4.78, 5) is 75.6. The van der Waals surface area contributed by atoms with E-state index < -0.39 is 77.1 Å². The van der Waals surface area contributed by atoms with E-state index in [0.29, 0.717) is 37.8 Å². The van der Waals surface area contributed by atoms with E-state index in [9.17, 15) is 24.3 Å². The van der Waals surface area contributed by atoms with Crippen molar-refractivity contribution >= 4 is 35.8 Å². The van der Waals surface area contributed by atoms with Gasteiger partial charge in [-0.05, 0) is 41.2 Å². The second kappa shape index (κ2) is 13.8. The third-order valence-corrected chi connectivity index (χ3v) is 12.4. The molecular weight excluding hydrogens is 726 g/mol. The SMILES string of the molecule is CC1(C)COC(=O)[C@@H]1OC(=O)C=Cc1ccc(CN2O[C@@H]3[C@H]4OC5(Cc6ccccc6C5)O[C@H]4[C@H]4C[C@]3(C(=O)N3CCC[C@@H]3C(=O)NCCO)[C@@H]2C(=O)O4)cc1. The first kappa shape index (κ1) is 36.9. The molecule has 56 heavy (non-hydrogen) atoms. The number of hydrogen-bond donors (Lipinski definition) is 2. The molecule has 2 aliphatic carbocycles. The van der Waals surface area contributed by atoms with Crippen LogP contribution in [0.5, 0.6) is 0 Å². The second-order valence-electron chi connectivity index (χ2n) is 16.6. The molecule has 2 aromatic rings. The van der Waals surface area contributed by atoms with E-state index >= 15 is 4.79 Å². The van der Waals surface area contributed by atoms with Crippen LogP contribution in [0.15, 0.2) is 54.6 Å². The number of carbonyl (C=O) groups is 5. The van der Waals surface area contributed by atoms with Crippen LogP contribution in [0.2, 0.25) is 0 Å². The lowest BCUT2D eigenvalue weighted by Gasteiger charge is -2.50. The Morgan fingerprint density at radius 2 is 1.73 bits per heavy atom. The minimum atomic E-state index is -1.44. The molecule has 0 radical (unpaired) electrons. The average Bonchev–Trinajstić information content (AvgIpc) is 4.00. The first-order valence-electron chi connectivity index (χ1n) is 19.3. The van der Waals surface area contributed by atoms with Crippen LogP contribution < -0.4 is 5.32 Å². The summed E-state index contributed by atoms with van der Waals surface area (Å²) in [5, 5.41) is 13.6. The summed E-state index contributed by atoms with van der Waals surface area (Å²) in [5.41, 5.74) is 1.58. The monoisotopic (exact) mass is 771 g/mol. The van der Waals surface area contributed by atoms with Gasteiger partial charge >= 0.3 is 17.9 Å². The maximum absolute atomic E-state index is 15.2. The molecule has 5 aliphatic heterocycles. The van der Waals surface area contributed by atoms with Crippen molar-refractivity contribution in [1.82, 2.24) is 15.3 Å². The predicted octanol–water partition coefficient (Wildman–Crippen LogP) is 1.37. The summed E-state index contributed by atoms with van der Waals surface area (Å²) in [5.74, 6) is -3.58. The zero-order chi connectivity index (χ0) is 39.0. The van der Waals surface area contributed by atoms with Gasteiger partial charge in [-0.1, -0.05) is 62.4 Å². The predicted molar refractivity (Wildman–Crippen MR) is 192 cm³/mol. The van der Waals surface area contributed by atoms with Crippen molar-refractivity contribution in [2.24, 2.45) is 10.8 Å². The number of benzene rings is 2. The Balaban J connectivity index is 0.987. The first-order chi connectivity index (χ1) is 26.9. The highest BCUT2D eigenvalue weighted by Crippen LogP contribution is 2.59. The number of carbonyl (C=O) groups excluding carboxylic acids is 5. The van der Waals surface area contributed by atoms with Crippen LogP contribution in [-0.4, -0.2) is 119 Å². The molecule has 0 aromatic heterocycles. The molecule has 296 valence electrons. The van der Waals surface area contributed by atoms with Crippen molar-refractivity contribution in [2.75, 3.05) is 26.3 Å². The Kier molecular flexibility index (Phi) is 9.08. The molecule has 7 aliphatic rings. The minimum Gasteiger partial charge on any atom is -0.462 e. The lowest BCUT2D eigenvalue weighted by molar-refractivity contribution is -0.218. The van der Waals surface area contributed by atoms with E-state index in [4.69, 9.17) is 28.5 Å². The zero-order valence-electron chi connectivity index (χ0n) is 31.2. The van der Waals surface area contributed by atoms with Gasteiger partial charge < -0.3 is 39.0 Å². The fraction of sp³-hybridized carbons (Fsp3) is 0.537. The second-order valence-corrected chi connectivity index (χ2v) is 16.6. The number of esters is 3. The normalized spacial score (nSPS) is 33.3. The maximum atomic E-state index is 15.2. The molecule has 0 unspecified atom stereocenters. The van der Waals surface area contributed by atoms with E-state index in [-0.39, 0.29) is 44.5 Å². The van der Waals surface area contributed by atoms with E-state index in [1.165, 1.54) is 11.1 Å². The van der Waals surface area contributed by atoms with Gasteiger partial charge in [0.1, 0.15) is 42.5 Å². The Labute approximate surface area is 323 Å². The summed E-state index contributed by atoms with van der Waals surface area (Å²) in [7, 11) is 0. The van der Waals surface area contributed by atoms with Gasteiger partial charge in [-0.2, -0.15) is 5.06 Å². The number of fused-ring (bicyclic) bond motifs is 5. The van der Waals surface area contributed by atoms with Gasteiger partial charge in [0.2, 0.25) is 17.9 Å². The largest absolute Gasteiger partial charge is 0.462 e. The molecule has 9 rings (SSSR count). The molecule has 6 fully saturated rings. The smallest absolute Gasteiger partial charge is 0.348 e. The quantitative estimate of drug-likeness (QED) is 0.212. The van der Waals surface area contributed by atoms with Crippen LogP contribution in [0, 0.1) is 10.8 Å². The van der Waals surface area contributed by atoms with Gasteiger partial charge in [-0.15, -0.1) is 0 Å². The van der Waals surface area contributed by atoms with Crippen LogP contribution in [0.4, 0.5) is 0 Å². The standard InChI is InChI=1S/C41H45N3O12/c1-39(2)22-51-37(49)34(39)53-29(46)14-13-23-9-11-24(12-10-23)21-44-32-36(48)52-28-20-41(32,38(50)43-16-5-8-27(43)35(47)42-15-17-45)33(56-44)31-30(28)54-40(55-31)18-25-6-3-4-7-26(25)19-40/h3-4,6-7,9-14,27-28,30-34,45H,5,8,15-22H2,1-2H3,(H,42,47)/t27-,28-,30+,31+,32+,33-,34+,41+/m1/s1. The van der Waals surface area contributed by atoms with Crippen molar-refractivity contribution in [1.29, 1.82) is 0 Å². The van der Waals surface area contributed by atoms with Crippen molar-refractivity contribution < 1.29 is 57.6 Å². The summed E-state index contributed by atoms with van der Waals surface area (Å²) >= 11 is 0. The molecule has 8 atom stereocenters. The summed E-state index contributed by atoms with van der Waals surface area (Å²) in [6.45, 7) is 4.02. The van der Waals surface area contributed by atoms with E-state index in [1.807, 2.05) is 36.4 Å². The van der Waals surface area contributed by atoms with Gasteiger partial charge in [0.15, 0.2) is 11.8 Å². The minimum absolute atomic E-state index is 0.0619. The number of amides is 2. The molecule has 2 amide bonds. The van der Waals surface area contributed by atoms with Crippen LogP contribution in [0.3, 0.4) is 0 Å². The number of ether oxygens (including phenoxy) is 5. The summed E-state index contributed by atoms with van der Waals surface area (Å²) in [6, 6.07) is 13.4. The molecule has 1 saturated carbocycles. The molecule has 5 saturated heterocycles. The number of hydroxylamine groups is 2. The maximum Gasteiger partial charge on any atom is 0.348 e. The van der Waals surface area contributed by atoms with Gasteiger partial charge in [-0.25, -0.2) is 9.59 Å². The molecular formula is C41H45N3O12. The number of rotatable bonds is 9. The van der Waals surface area contributed by atoms with Gasteiger partial charge in [0, 0.05) is 43.8 Å². The van der Waals surface area contributed by atoms with E-state index in [0.717, 1.165) is 16.7 Å². The zero-order valence-corrected chi connectivity index (χ0v) is 31.2. The lowest BCUT2D eigenvalue weighted by atomic mass is 9.62. The van der Waals surface area contributed by atoms with E-state index in [2.05, 4.69) is 5.32 Å². The lowest BCUT2D eigenvalue weighted by Crippen LogP contribution is -2.70. The highest BCUT2D eigenvalue weighted by atomic mass is 16.8. The van der Waals surface area contributed by atoms with Crippen LogP contribution >= 0.6 is 0 Å². The molecule has 15 nitrogen and oxygen atoms in total. The number of nitrogens with zero attached hydrogens (tertiary/aromatic N) is 2. The Bertz CT molecular complexity index is 1960. The molecule has 1 spiro atoms. The average molecular weight is 772 g/mol. The molecule has 5 heterocycles. The van der Waals surface area contributed by atoms with Crippen LogP contribution in [-0.2, 0) is 71.9 Å². The highest BCUT2D eigenvalue weighted by molar-refractivity contribution is 5.96. The topological polar surface area (TPSA) is 179 Å². The van der Waals surface area contributed by atoms with Crippen molar-refractivity contribution in [3.05, 3.63) is 76.9 Å². The fourth-order valence-electron chi connectivity index (χ4n) is 9.76. The molecule has 15 heteroatoms. The summed E-state index contributed by atoms with van der Waals surface area (Å²) < 4.78 is 30.2.